The SMILES string of the molecule is CN1CCN(c2ccc(NC(=O)c3ccc(F)c(F)c3F)cn2)CC1. The van der Waals surface area contributed by atoms with Gasteiger partial charge in [-0.1, -0.05) is 0 Å². The second-order valence-corrected chi connectivity index (χ2v) is 5.87. The van der Waals surface area contributed by atoms with Gasteiger partial charge in [-0.25, -0.2) is 18.2 Å². The summed E-state index contributed by atoms with van der Waals surface area (Å²) in [5.41, 5.74) is -0.228. The molecule has 1 aromatic carbocycles. The molecular weight excluding hydrogens is 333 g/mol. The highest BCUT2D eigenvalue weighted by molar-refractivity contribution is 6.04. The van der Waals surface area contributed by atoms with Crippen LogP contribution in [-0.4, -0.2) is 49.0 Å². The van der Waals surface area contributed by atoms with Gasteiger partial charge in [-0.05, 0) is 31.3 Å². The van der Waals surface area contributed by atoms with Crippen molar-refractivity contribution in [3.05, 3.63) is 53.5 Å². The molecule has 3 rings (SSSR count). The summed E-state index contributed by atoms with van der Waals surface area (Å²) in [6.07, 6.45) is 1.45. The Bertz CT molecular complexity index is 774. The number of pyridine rings is 1. The molecule has 1 fully saturated rings. The average molecular weight is 350 g/mol. The highest BCUT2D eigenvalue weighted by atomic mass is 19.2. The summed E-state index contributed by atoms with van der Waals surface area (Å²) in [6.45, 7) is 3.59. The van der Waals surface area contributed by atoms with Crippen molar-refractivity contribution >= 4 is 17.4 Å². The summed E-state index contributed by atoms with van der Waals surface area (Å²) in [4.78, 5) is 20.7. The normalized spacial score (nSPS) is 15.3. The quantitative estimate of drug-likeness (QED) is 0.864. The van der Waals surface area contributed by atoms with Gasteiger partial charge in [-0.3, -0.25) is 4.79 Å². The van der Waals surface area contributed by atoms with Crippen molar-refractivity contribution in [3.63, 3.8) is 0 Å². The van der Waals surface area contributed by atoms with Gasteiger partial charge in [0.2, 0.25) is 0 Å². The lowest BCUT2D eigenvalue weighted by Gasteiger charge is -2.33. The van der Waals surface area contributed by atoms with Crippen LogP contribution in [0.2, 0.25) is 0 Å². The van der Waals surface area contributed by atoms with Crippen LogP contribution < -0.4 is 10.2 Å². The van der Waals surface area contributed by atoms with Gasteiger partial charge in [0.1, 0.15) is 5.82 Å². The molecule has 5 nitrogen and oxygen atoms in total. The van der Waals surface area contributed by atoms with E-state index in [1.165, 1.54) is 6.20 Å². The van der Waals surface area contributed by atoms with Gasteiger partial charge in [0.25, 0.3) is 5.91 Å². The minimum absolute atomic E-state index is 0.340. The Morgan fingerprint density at radius 2 is 1.76 bits per heavy atom. The molecule has 1 aromatic heterocycles. The average Bonchev–Trinajstić information content (AvgIpc) is 2.61. The van der Waals surface area contributed by atoms with Gasteiger partial charge in [-0.2, -0.15) is 0 Å². The minimum Gasteiger partial charge on any atom is -0.354 e. The monoisotopic (exact) mass is 350 g/mol. The first-order chi connectivity index (χ1) is 12.0. The molecule has 1 amide bonds. The zero-order chi connectivity index (χ0) is 18.0. The first-order valence-corrected chi connectivity index (χ1v) is 7.80. The summed E-state index contributed by atoms with van der Waals surface area (Å²) in [5, 5.41) is 2.43. The third-order valence-electron chi connectivity index (χ3n) is 4.11. The van der Waals surface area contributed by atoms with E-state index in [1.54, 1.807) is 12.1 Å². The van der Waals surface area contributed by atoms with Crippen LogP contribution in [0.5, 0.6) is 0 Å². The molecule has 0 unspecified atom stereocenters. The number of hydrogen-bond acceptors (Lipinski definition) is 4. The van der Waals surface area contributed by atoms with Crippen molar-refractivity contribution in [2.45, 2.75) is 0 Å². The first kappa shape index (κ1) is 17.2. The molecule has 0 aliphatic carbocycles. The molecule has 0 radical (unpaired) electrons. The van der Waals surface area contributed by atoms with E-state index < -0.39 is 28.9 Å². The lowest BCUT2D eigenvalue weighted by molar-refractivity contribution is 0.102. The maximum atomic E-state index is 13.7. The summed E-state index contributed by atoms with van der Waals surface area (Å²) in [6, 6.07) is 5.00. The van der Waals surface area contributed by atoms with Crippen molar-refractivity contribution in [2.75, 3.05) is 43.4 Å². The van der Waals surface area contributed by atoms with Crippen LogP contribution in [0, 0.1) is 17.5 Å². The Balaban J connectivity index is 1.69. The van der Waals surface area contributed by atoms with Crippen molar-refractivity contribution in [2.24, 2.45) is 0 Å². The maximum Gasteiger partial charge on any atom is 0.258 e. The van der Waals surface area contributed by atoms with Crippen LogP contribution in [-0.2, 0) is 0 Å². The number of hydrogen-bond donors (Lipinski definition) is 1. The Hall–Kier alpha value is -2.61. The van der Waals surface area contributed by atoms with Gasteiger partial charge >= 0.3 is 0 Å². The minimum atomic E-state index is -1.67. The van der Waals surface area contributed by atoms with Crippen molar-refractivity contribution < 1.29 is 18.0 Å². The summed E-state index contributed by atoms with van der Waals surface area (Å²) in [5.74, 6) is -4.61. The lowest BCUT2D eigenvalue weighted by atomic mass is 10.2. The second kappa shape index (κ2) is 7.10. The largest absolute Gasteiger partial charge is 0.354 e. The molecule has 25 heavy (non-hydrogen) atoms. The molecule has 132 valence electrons. The number of amides is 1. The van der Waals surface area contributed by atoms with Crippen molar-refractivity contribution in [1.29, 1.82) is 0 Å². The molecule has 8 heteroatoms. The maximum absolute atomic E-state index is 13.7. The molecule has 1 N–H and O–H groups in total. The number of carbonyl (C=O) groups excluding carboxylic acids is 1. The fraction of sp³-hybridized carbons (Fsp3) is 0.294. The van der Waals surface area contributed by atoms with Crippen LogP contribution in [0.1, 0.15) is 10.4 Å². The molecule has 0 spiro atoms. The molecule has 0 bridgehead atoms. The number of aromatic nitrogens is 1. The number of likely N-dealkylation sites (N-methyl/N-ethyl adjacent to an activating group) is 1. The van der Waals surface area contributed by atoms with E-state index in [4.69, 9.17) is 0 Å². The Kier molecular flexibility index (Phi) is 4.89. The van der Waals surface area contributed by atoms with E-state index in [2.05, 4.69) is 27.1 Å². The van der Waals surface area contributed by atoms with E-state index in [0.29, 0.717) is 11.8 Å². The second-order valence-electron chi connectivity index (χ2n) is 5.87. The predicted octanol–water partition coefficient (Wildman–Crippen LogP) is 2.50. The Labute approximate surface area is 143 Å². The van der Waals surface area contributed by atoms with Gasteiger partial charge in [0.15, 0.2) is 17.5 Å². The van der Waals surface area contributed by atoms with Gasteiger partial charge in [0, 0.05) is 26.2 Å². The van der Waals surface area contributed by atoms with E-state index in [1.807, 2.05) is 0 Å². The zero-order valence-corrected chi connectivity index (χ0v) is 13.6. The lowest BCUT2D eigenvalue weighted by Crippen LogP contribution is -2.44. The van der Waals surface area contributed by atoms with E-state index in [-0.39, 0.29) is 0 Å². The number of rotatable bonds is 3. The highest BCUT2D eigenvalue weighted by Crippen LogP contribution is 2.19. The van der Waals surface area contributed by atoms with Crippen molar-refractivity contribution in [1.82, 2.24) is 9.88 Å². The Morgan fingerprint density at radius 1 is 1.04 bits per heavy atom. The molecule has 1 saturated heterocycles. The fourth-order valence-corrected chi connectivity index (χ4v) is 2.58. The number of halogens is 3. The van der Waals surface area contributed by atoms with E-state index in [9.17, 15) is 18.0 Å². The molecule has 0 saturated carbocycles. The van der Waals surface area contributed by atoms with Gasteiger partial charge < -0.3 is 15.1 Å². The summed E-state index contributed by atoms with van der Waals surface area (Å²) >= 11 is 0. The third-order valence-corrected chi connectivity index (χ3v) is 4.11. The highest BCUT2D eigenvalue weighted by Gasteiger charge is 2.19. The first-order valence-electron chi connectivity index (χ1n) is 7.80. The predicted molar refractivity (Wildman–Crippen MR) is 88.2 cm³/mol. The smallest absolute Gasteiger partial charge is 0.258 e. The molecular formula is C17H17F3N4O. The van der Waals surface area contributed by atoms with E-state index in [0.717, 1.165) is 38.1 Å². The van der Waals surface area contributed by atoms with Crippen LogP contribution >= 0.6 is 0 Å². The van der Waals surface area contributed by atoms with Crippen LogP contribution in [0.3, 0.4) is 0 Å². The summed E-state index contributed by atoms with van der Waals surface area (Å²) < 4.78 is 39.8. The van der Waals surface area contributed by atoms with Gasteiger partial charge in [0.05, 0.1) is 17.4 Å². The molecule has 2 aromatic rings. The molecule has 1 aliphatic heterocycles. The number of nitrogens with one attached hydrogen (secondary N) is 1. The topological polar surface area (TPSA) is 48.5 Å². The standard InChI is InChI=1S/C17H17F3N4O/c1-23-6-8-24(9-7-23)14-5-2-11(10-21-14)22-17(25)12-3-4-13(18)16(20)15(12)19/h2-5,10H,6-9H2,1H3,(H,22,25). The Morgan fingerprint density at radius 3 is 2.40 bits per heavy atom. The van der Waals surface area contributed by atoms with Crippen LogP contribution in [0.4, 0.5) is 24.7 Å². The number of anilines is 2. The van der Waals surface area contributed by atoms with Crippen LogP contribution in [0.25, 0.3) is 0 Å². The number of benzene rings is 1. The molecule has 2 heterocycles. The van der Waals surface area contributed by atoms with E-state index >= 15 is 0 Å². The number of nitrogens with zero attached hydrogens (tertiary/aromatic N) is 3. The van der Waals surface area contributed by atoms with Gasteiger partial charge in [-0.15, -0.1) is 0 Å². The summed E-state index contributed by atoms with van der Waals surface area (Å²) in [7, 11) is 2.06. The third kappa shape index (κ3) is 3.74. The van der Waals surface area contributed by atoms with Crippen molar-refractivity contribution in [3.8, 4) is 0 Å². The molecule has 0 atom stereocenters. The van der Waals surface area contributed by atoms with Crippen LogP contribution in [0.15, 0.2) is 30.5 Å². The number of carbonyl (C=O) groups is 1. The fourth-order valence-electron chi connectivity index (χ4n) is 2.58. The molecule has 1 aliphatic rings. The zero-order valence-electron chi connectivity index (χ0n) is 13.6. The number of piperazine rings is 1.